The van der Waals surface area contributed by atoms with Crippen molar-refractivity contribution in [2.24, 2.45) is 0 Å². The number of fused-ring (bicyclic) bond motifs is 1. The Hall–Kier alpha value is -1.36. The van der Waals surface area contributed by atoms with Gasteiger partial charge in [0.15, 0.2) is 0 Å². The first-order valence-corrected chi connectivity index (χ1v) is 4.56. The Labute approximate surface area is 78.9 Å². The van der Waals surface area contributed by atoms with Crippen LogP contribution in [-0.4, -0.2) is 29.0 Å². The highest BCUT2D eigenvalue weighted by molar-refractivity contribution is 7.03. The van der Waals surface area contributed by atoms with Crippen molar-refractivity contribution in [3.8, 4) is 0 Å². The van der Waals surface area contributed by atoms with Crippen LogP contribution in [0.4, 0.5) is 4.79 Å². The second-order valence-electron chi connectivity index (χ2n) is 2.60. The van der Waals surface area contributed by atoms with Crippen molar-refractivity contribution in [3.63, 3.8) is 0 Å². The lowest BCUT2D eigenvalue weighted by atomic mass is 10.3. The third-order valence-electron chi connectivity index (χ3n) is 1.80. The summed E-state index contributed by atoms with van der Waals surface area (Å²) in [4.78, 5) is 12.6. The van der Waals surface area contributed by atoms with Gasteiger partial charge in [-0.2, -0.15) is 4.37 Å². The summed E-state index contributed by atoms with van der Waals surface area (Å²) in [6.45, 7) is 0.557. The van der Waals surface area contributed by atoms with Crippen LogP contribution < -0.4 is 9.75 Å². The van der Waals surface area contributed by atoms with E-state index in [2.05, 4.69) is 9.11 Å². The van der Waals surface area contributed by atoms with Crippen molar-refractivity contribution in [1.82, 2.24) is 9.27 Å². The third-order valence-corrected chi connectivity index (χ3v) is 2.61. The van der Waals surface area contributed by atoms with Gasteiger partial charge in [-0.15, -0.1) is 0 Å². The molecule has 1 amide bonds. The first-order chi connectivity index (χ1) is 6.31. The van der Waals surface area contributed by atoms with E-state index in [0.29, 0.717) is 6.54 Å². The number of hydrogen-bond donors (Lipinski definition) is 0. The molecule has 1 aromatic heterocycles. The van der Waals surface area contributed by atoms with E-state index in [1.165, 1.54) is 23.5 Å². The molecule has 0 saturated carbocycles. The van der Waals surface area contributed by atoms with E-state index in [1.807, 2.05) is 6.08 Å². The maximum absolute atomic E-state index is 11.1. The van der Waals surface area contributed by atoms with E-state index < -0.39 is 0 Å². The highest BCUT2D eigenvalue weighted by atomic mass is 32.1. The van der Waals surface area contributed by atoms with E-state index in [9.17, 15) is 4.79 Å². The SMILES string of the molecule is COC(=O)N1C=c2cnsc2=CC1. The van der Waals surface area contributed by atoms with Crippen LogP contribution in [0, 0.1) is 0 Å². The number of carbonyl (C=O) groups excluding carboxylic acids is 1. The molecule has 68 valence electrons. The summed E-state index contributed by atoms with van der Waals surface area (Å²) in [5.41, 5.74) is 0. The van der Waals surface area contributed by atoms with Gasteiger partial charge >= 0.3 is 6.09 Å². The average Bonchev–Trinajstić information content (AvgIpc) is 2.63. The largest absolute Gasteiger partial charge is 0.452 e. The number of carbonyl (C=O) groups is 1. The molecule has 2 rings (SSSR count). The third kappa shape index (κ3) is 1.42. The fourth-order valence-electron chi connectivity index (χ4n) is 1.15. The number of nitrogens with zero attached hydrogens (tertiary/aromatic N) is 2. The Kier molecular flexibility index (Phi) is 2.02. The molecule has 0 atom stereocenters. The smallest absolute Gasteiger partial charge is 0.413 e. The minimum atomic E-state index is -0.340. The highest BCUT2D eigenvalue weighted by Crippen LogP contribution is 1.97. The van der Waals surface area contributed by atoms with Crippen LogP contribution in [0.5, 0.6) is 0 Å². The Bertz CT molecular complexity index is 437. The first-order valence-electron chi connectivity index (χ1n) is 3.78. The average molecular weight is 196 g/mol. The maximum atomic E-state index is 11.1. The zero-order valence-electron chi connectivity index (χ0n) is 7.06. The molecule has 0 radical (unpaired) electrons. The van der Waals surface area contributed by atoms with Gasteiger partial charge in [-0.3, -0.25) is 4.90 Å². The monoisotopic (exact) mass is 196 g/mol. The summed E-state index contributed by atoms with van der Waals surface area (Å²) in [5.74, 6) is 0. The Balaban J connectivity index is 2.39. The number of aromatic nitrogens is 1. The number of methoxy groups -OCH3 is 1. The molecule has 0 N–H and O–H groups in total. The van der Waals surface area contributed by atoms with Crippen molar-refractivity contribution in [2.75, 3.05) is 13.7 Å². The summed E-state index contributed by atoms with van der Waals surface area (Å²) in [5, 5.41) is 0.974. The number of hydrogen-bond acceptors (Lipinski definition) is 4. The van der Waals surface area contributed by atoms with Gasteiger partial charge in [0.1, 0.15) is 0 Å². The second kappa shape index (κ2) is 3.18. The molecule has 1 aliphatic heterocycles. The number of ether oxygens (including phenoxy) is 1. The van der Waals surface area contributed by atoms with E-state index in [0.717, 1.165) is 9.75 Å². The van der Waals surface area contributed by atoms with Crippen molar-refractivity contribution in [3.05, 3.63) is 15.9 Å². The predicted octanol–water partition coefficient (Wildman–Crippen LogP) is -0.256. The Morgan fingerprint density at radius 2 is 2.62 bits per heavy atom. The molecular formula is C8H8N2O2S. The lowest BCUT2D eigenvalue weighted by molar-refractivity contribution is 0.148. The van der Waals surface area contributed by atoms with Crippen molar-refractivity contribution >= 4 is 29.9 Å². The molecule has 0 spiro atoms. The lowest BCUT2D eigenvalue weighted by Gasteiger charge is -2.15. The molecule has 0 fully saturated rings. The van der Waals surface area contributed by atoms with E-state index >= 15 is 0 Å². The Morgan fingerprint density at radius 1 is 1.77 bits per heavy atom. The number of rotatable bonds is 0. The standard InChI is InChI=1S/C8H8N2O2S/c1-12-8(11)10-3-2-7-6(5-10)4-9-13-7/h2,4-5H,3H2,1H3. The van der Waals surface area contributed by atoms with E-state index in [-0.39, 0.29) is 6.09 Å². The topological polar surface area (TPSA) is 42.4 Å². The molecule has 13 heavy (non-hydrogen) atoms. The van der Waals surface area contributed by atoms with Gasteiger partial charge < -0.3 is 4.74 Å². The molecule has 2 heterocycles. The van der Waals surface area contributed by atoms with Crippen LogP contribution in [0.1, 0.15) is 0 Å². The second-order valence-corrected chi connectivity index (χ2v) is 3.43. The summed E-state index contributed by atoms with van der Waals surface area (Å²) < 4.78 is 9.74. The van der Waals surface area contributed by atoms with Gasteiger partial charge in [0.05, 0.1) is 11.6 Å². The van der Waals surface area contributed by atoms with Gasteiger partial charge in [0.2, 0.25) is 0 Å². The van der Waals surface area contributed by atoms with Gasteiger partial charge in [0.25, 0.3) is 0 Å². The minimum absolute atomic E-state index is 0.340. The molecule has 0 aromatic carbocycles. The summed E-state index contributed by atoms with van der Waals surface area (Å²) >= 11 is 1.43. The molecule has 0 aliphatic carbocycles. The van der Waals surface area contributed by atoms with Crippen LogP contribution in [0.25, 0.3) is 12.3 Å². The van der Waals surface area contributed by atoms with Crippen LogP contribution in [-0.2, 0) is 4.74 Å². The quantitative estimate of drug-likeness (QED) is 0.574. The molecule has 4 nitrogen and oxygen atoms in total. The fraction of sp³-hybridized carbons (Fsp3) is 0.250. The van der Waals surface area contributed by atoms with E-state index in [1.54, 1.807) is 12.4 Å². The molecule has 0 unspecified atom stereocenters. The van der Waals surface area contributed by atoms with Crippen LogP contribution >= 0.6 is 11.5 Å². The van der Waals surface area contributed by atoms with Crippen LogP contribution in [0.3, 0.4) is 0 Å². The highest BCUT2D eigenvalue weighted by Gasteiger charge is 2.11. The molecule has 1 aromatic rings. The molecule has 1 aliphatic rings. The lowest BCUT2D eigenvalue weighted by Crippen LogP contribution is -2.35. The van der Waals surface area contributed by atoms with Crippen LogP contribution in [0.15, 0.2) is 6.20 Å². The van der Waals surface area contributed by atoms with Gasteiger partial charge in [-0.05, 0) is 17.6 Å². The Morgan fingerprint density at radius 3 is 3.38 bits per heavy atom. The number of amides is 1. The van der Waals surface area contributed by atoms with Gasteiger partial charge in [-0.25, -0.2) is 4.79 Å². The van der Waals surface area contributed by atoms with Crippen molar-refractivity contribution in [2.45, 2.75) is 0 Å². The minimum Gasteiger partial charge on any atom is -0.452 e. The maximum Gasteiger partial charge on any atom is 0.413 e. The molecular weight excluding hydrogens is 188 g/mol. The summed E-state index contributed by atoms with van der Waals surface area (Å²) in [6, 6.07) is 0. The fourth-order valence-corrected chi connectivity index (χ4v) is 1.79. The van der Waals surface area contributed by atoms with Crippen molar-refractivity contribution < 1.29 is 9.53 Å². The first kappa shape index (κ1) is 8.25. The normalized spacial score (nSPS) is 14.1. The van der Waals surface area contributed by atoms with Crippen molar-refractivity contribution in [1.29, 1.82) is 0 Å². The molecule has 0 bridgehead atoms. The summed E-state index contributed by atoms with van der Waals surface area (Å²) in [7, 11) is 1.37. The van der Waals surface area contributed by atoms with Gasteiger partial charge in [0, 0.05) is 24.2 Å². The zero-order valence-corrected chi connectivity index (χ0v) is 7.87. The van der Waals surface area contributed by atoms with Gasteiger partial charge in [-0.1, -0.05) is 0 Å². The van der Waals surface area contributed by atoms with Crippen LogP contribution in [0.2, 0.25) is 0 Å². The van der Waals surface area contributed by atoms with E-state index in [4.69, 9.17) is 0 Å². The molecule has 5 heteroatoms. The molecule has 0 saturated heterocycles. The summed E-state index contributed by atoms with van der Waals surface area (Å²) in [6.07, 6.45) is 5.12. The zero-order chi connectivity index (χ0) is 9.26. The predicted molar refractivity (Wildman–Crippen MR) is 49.4 cm³/mol.